The van der Waals surface area contributed by atoms with E-state index in [0.29, 0.717) is 23.6 Å². The van der Waals surface area contributed by atoms with Crippen LogP contribution in [-0.4, -0.2) is 12.5 Å². The molecule has 2 rings (SSSR count). The van der Waals surface area contributed by atoms with Gasteiger partial charge >= 0.3 is 0 Å². The molecule has 0 saturated carbocycles. The molecule has 0 saturated heterocycles. The third-order valence-corrected chi connectivity index (χ3v) is 3.59. The first-order chi connectivity index (χ1) is 9.60. The SMILES string of the molecule is CCOc1cc(N)cc(C(=O)NC(C)c2ccsc2)c1. The Morgan fingerprint density at radius 2 is 2.25 bits per heavy atom. The molecule has 0 fully saturated rings. The van der Waals surface area contributed by atoms with Crippen LogP contribution in [0.4, 0.5) is 5.69 Å². The Kier molecular flexibility index (Phi) is 4.63. The van der Waals surface area contributed by atoms with E-state index < -0.39 is 0 Å². The molecule has 1 aromatic carbocycles. The molecule has 5 heteroatoms. The Balaban J connectivity index is 2.12. The number of nitrogens with one attached hydrogen (secondary N) is 1. The van der Waals surface area contributed by atoms with E-state index in [2.05, 4.69) is 5.32 Å². The maximum atomic E-state index is 12.2. The molecule has 0 aliphatic rings. The summed E-state index contributed by atoms with van der Waals surface area (Å²) >= 11 is 1.61. The topological polar surface area (TPSA) is 64.3 Å². The van der Waals surface area contributed by atoms with E-state index in [4.69, 9.17) is 10.5 Å². The van der Waals surface area contributed by atoms with Crippen LogP contribution in [0.15, 0.2) is 35.0 Å². The number of hydrogen-bond acceptors (Lipinski definition) is 4. The highest BCUT2D eigenvalue weighted by Crippen LogP contribution is 2.21. The van der Waals surface area contributed by atoms with Gasteiger partial charge in [0.05, 0.1) is 12.6 Å². The predicted octanol–water partition coefficient (Wildman–Crippen LogP) is 3.22. The molecule has 0 spiro atoms. The first-order valence-corrected chi connectivity index (χ1v) is 7.40. The van der Waals surface area contributed by atoms with Gasteiger partial charge < -0.3 is 15.8 Å². The van der Waals surface area contributed by atoms with Crippen molar-refractivity contribution >= 4 is 22.9 Å². The number of ether oxygens (including phenoxy) is 1. The summed E-state index contributed by atoms with van der Waals surface area (Å²) in [4.78, 5) is 12.2. The second kappa shape index (κ2) is 6.43. The average Bonchev–Trinajstić information content (AvgIpc) is 2.92. The van der Waals surface area contributed by atoms with E-state index in [1.54, 1.807) is 29.5 Å². The summed E-state index contributed by atoms with van der Waals surface area (Å²) in [6.45, 7) is 4.38. The van der Waals surface area contributed by atoms with E-state index in [9.17, 15) is 4.79 Å². The van der Waals surface area contributed by atoms with Gasteiger partial charge in [0, 0.05) is 17.3 Å². The lowest BCUT2D eigenvalue weighted by atomic mass is 10.1. The third kappa shape index (κ3) is 3.51. The smallest absolute Gasteiger partial charge is 0.251 e. The van der Waals surface area contributed by atoms with Crippen molar-refractivity contribution in [2.45, 2.75) is 19.9 Å². The number of nitrogen functional groups attached to an aromatic ring is 1. The van der Waals surface area contributed by atoms with E-state index in [1.807, 2.05) is 30.7 Å². The Morgan fingerprint density at radius 1 is 1.45 bits per heavy atom. The van der Waals surface area contributed by atoms with Crippen molar-refractivity contribution in [3.63, 3.8) is 0 Å². The zero-order valence-corrected chi connectivity index (χ0v) is 12.4. The second-order valence-corrected chi connectivity index (χ2v) is 5.26. The monoisotopic (exact) mass is 290 g/mol. The van der Waals surface area contributed by atoms with Gasteiger partial charge in [0.25, 0.3) is 5.91 Å². The lowest BCUT2D eigenvalue weighted by Gasteiger charge is -2.14. The number of amides is 1. The van der Waals surface area contributed by atoms with Crippen molar-refractivity contribution in [2.24, 2.45) is 0 Å². The van der Waals surface area contributed by atoms with Crippen LogP contribution in [0.2, 0.25) is 0 Å². The van der Waals surface area contributed by atoms with Crippen molar-refractivity contribution in [3.05, 3.63) is 46.2 Å². The zero-order valence-electron chi connectivity index (χ0n) is 11.6. The Bertz CT molecular complexity index is 582. The molecule has 2 aromatic rings. The van der Waals surface area contributed by atoms with Crippen LogP contribution >= 0.6 is 11.3 Å². The highest BCUT2D eigenvalue weighted by Gasteiger charge is 2.13. The lowest BCUT2D eigenvalue weighted by Crippen LogP contribution is -2.26. The number of anilines is 1. The molecule has 4 nitrogen and oxygen atoms in total. The van der Waals surface area contributed by atoms with E-state index >= 15 is 0 Å². The van der Waals surface area contributed by atoms with Crippen molar-refractivity contribution < 1.29 is 9.53 Å². The molecule has 1 unspecified atom stereocenters. The van der Waals surface area contributed by atoms with Gasteiger partial charge in [0.1, 0.15) is 5.75 Å². The molecule has 1 amide bonds. The zero-order chi connectivity index (χ0) is 14.5. The molecule has 1 aromatic heterocycles. The van der Waals surface area contributed by atoms with Crippen molar-refractivity contribution in [3.8, 4) is 5.75 Å². The van der Waals surface area contributed by atoms with Crippen LogP contribution < -0.4 is 15.8 Å². The van der Waals surface area contributed by atoms with Crippen LogP contribution in [0, 0.1) is 0 Å². The quantitative estimate of drug-likeness (QED) is 0.831. The molecule has 0 aliphatic carbocycles. The summed E-state index contributed by atoms with van der Waals surface area (Å²) in [5.74, 6) is 0.456. The summed E-state index contributed by atoms with van der Waals surface area (Å²) < 4.78 is 5.40. The number of carbonyl (C=O) groups excluding carboxylic acids is 1. The Hall–Kier alpha value is -2.01. The molecule has 1 atom stereocenters. The fourth-order valence-electron chi connectivity index (χ4n) is 1.89. The van der Waals surface area contributed by atoms with Gasteiger partial charge in [0.15, 0.2) is 0 Å². The van der Waals surface area contributed by atoms with Crippen LogP contribution in [0.1, 0.15) is 35.8 Å². The lowest BCUT2D eigenvalue weighted by molar-refractivity contribution is 0.0939. The van der Waals surface area contributed by atoms with Crippen LogP contribution in [0.5, 0.6) is 5.75 Å². The normalized spacial score (nSPS) is 11.9. The summed E-state index contributed by atoms with van der Waals surface area (Å²) in [6.07, 6.45) is 0. The maximum Gasteiger partial charge on any atom is 0.251 e. The first kappa shape index (κ1) is 14.4. The summed E-state index contributed by atoms with van der Waals surface area (Å²) in [5, 5.41) is 6.97. The fourth-order valence-corrected chi connectivity index (χ4v) is 2.64. The highest BCUT2D eigenvalue weighted by molar-refractivity contribution is 7.07. The van der Waals surface area contributed by atoms with Crippen molar-refractivity contribution in [1.82, 2.24) is 5.32 Å². The van der Waals surface area contributed by atoms with Gasteiger partial charge in [-0.15, -0.1) is 0 Å². The molecule has 0 radical (unpaired) electrons. The van der Waals surface area contributed by atoms with Crippen LogP contribution in [0.3, 0.4) is 0 Å². The van der Waals surface area contributed by atoms with Gasteiger partial charge in [-0.2, -0.15) is 11.3 Å². The molecule has 0 bridgehead atoms. The van der Waals surface area contributed by atoms with Gasteiger partial charge in [0.2, 0.25) is 0 Å². The average molecular weight is 290 g/mol. The van der Waals surface area contributed by atoms with Crippen LogP contribution in [-0.2, 0) is 0 Å². The number of carbonyl (C=O) groups is 1. The number of nitrogens with two attached hydrogens (primary N) is 1. The minimum absolute atomic E-state index is 0.0364. The largest absolute Gasteiger partial charge is 0.494 e. The number of benzene rings is 1. The Labute approximate surface area is 122 Å². The molecule has 0 aliphatic heterocycles. The maximum absolute atomic E-state index is 12.2. The number of rotatable bonds is 5. The molecule has 3 N–H and O–H groups in total. The van der Waals surface area contributed by atoms with Gasteiger partial charge in [-0.25, -0.2) is 0 Å². The van der Waals surface area contributed by atoms with E-state index in [0.717, 1.165) is 5.56 Å². The minimum Gasteiger partial charge on any atom is -0.494 e. The minimum atomic E-state index is -0.156. The standard InChI is InChI=1S/C15H18N2O2S/c1-3-19-14-7-12(6-13(16)8-14)15(18)17-10(2)11-4-5-20-9-11/h4-10H,3,16H2,1-2H3,(H,17,18). The molecular formula is C15H18N2O2S. The summed E-state index contributed by atoms with van der Waals surface area (Å²) in [5.41, 5.74) is 7.92. The van der Waals surface area contributed by atoms with Crippen molar-refractivity contribution in [1.29, 1.82) is 0 Å². The number of hydrogen-bond donors (Lipinski definition) is 2. The molecular weight excluding hydrogens is 272 g/mol. The van der Waals surface area contributed by atoms with Gasteiger partial charge in [-0.1, -0.05) is 0 Å². The third-order valence-electron chi connectivity index (χ3n) is 2.89. The van der Waals surface area contributed by atoms with Gasteiger partial charge in [-0.05, 0) is 48.4 Å². The predicted molar refractivity (Wildman–Crippen MR) is 82.2 cm³/mol. The van der Waals surface area contributed by atoms with Gasteiger partial charge in [-0.3, -0.25) is 4.79 Å². The molecule has 1 heterocycles. The van der Waals surface area contributed by atoms with E-state index in [1.165, 1.54) is 0 Å². The molecule has 106 valence electrons. The number of thiophene rings is 1. The Morgan fingerprint density at radius 3 is 2.90 bits per heavy atom. The summed E-state index contributed by atoms with van der Waals surface area (Å²) in [6, 6.07) is 7.03. The van der Waals surface area contributed by atoms with E-state index in [-0.39, 0.29) is 11.9 Å². The summed E-state index contributed by atoms with van der Waals surface area (Å²) in [7, 11) is 0. The second-order valence-electron chi connectivity index (χ2n) is 4.48. The van der Waals surface area contributed by atoms with Crippen molar-refractivity contribution in [2.75, 3.05) is 12.3 Å². The molecule has 20 heavy (non-hydrogen) atoms. The van der Waals surface area contributed by atoms with Crippen LogP contribution in [0.25, 0.3) is 0 Å². The first-order valence-electron chi connectivity index (χ1n) is 6.46. The highest BCUT2D eigenvalue weighted by atomic mass is 32.1. The fraction of sp³-hybridized carbons (Fsp3) is 0.267.